The summed E-state index contributed by atoms with van der Waals surface area (Å²) in [6, 6.07) is 9.82. The first kappa shape index (κ1) is 12.5. The summed E-state index contributed by atoms with van der Waals surface area (Å²) in [6.45, 7) is 4.81. The molecule has 0 atom stereocenters. The third kappa shape index (κ3) is 4.81. The molecule has 0 aromatic heterocycles. The Hall–Kier alpha value is -1.53. The van der Waals surface area contributed by atoms with E-state index in [-0.39, 0.29) is 0 Å². The maximum absolute atomic E-state index is 8.52. The van der Waals surface area contributed by atoms with Crippen LogP contribution < -0.4 is 10.1 Å². The highest BCUT2D eigenvalue weighted by atomic mass is 16.5. The molecule has 0 amide bonds. The second-order valence-electron chi connectivity index (χ2n) is 3.53. The molecule has 0 saturated carbocycles. The minimum atomic E-state index is 0.459. The fraction of sp³-hybridized carbons (Fsp3) is 0.462. The molecule has 1 N–H and O–H groups in total. The van der Waals surface area contributed by atoms with Gasteiger partial charge in [0.05, 0.1) is 19.1 Å². The van der Waals surface area contributed by atoms with Gasteiger partial charge in [0.15, 0.2) is 0 Å². The van der Waals surface area contributed by atoms with Crippen molar-refractivity contribution in [2.24, 2.45) is 0 Å². The van der Waals surface area contributed by atoms with Crippen LogP contribution in [-0.2, 0) is 6.42 Å². The summed E-state index contributed by atoms with van der Waals surface area (Å²) >= 11 is 0. The topological polar surface area (TPSA) is 45.0 Å². The van der Waals surface area contributed by atoms with Gasteiger partial charge in [0.2, 0.25) is 0 Å². The molecule has 0 aliphatic carbocycles. The second-order valence-corrected chi connectivity index (χ2v) is 3.53. The molecule has 16 heavy (non-hydrogen) atoms. The summed E-state index contributed by atoms with van der Waals surface area (Å²) < 4.78 is 5.56. The molecule has 0 spiro atoms. The molecule has 1 aromatic rings. The van der Waals surface area contributed by atoms with E-state index in [2.05, 4.69) is 18.3 Å². The maximum atomic E-state index is 8.52. The first-order chi connectivity index (χ1) is 7.86. The van der Waals surface area contributed by atoms with Gasteiger partial charge in [0.1, 0.15) is 5.75 Å². The Morgan fingerprint density at radius 2 is 2.06 bits per heavy atom. The quantitative estimate of drug-likeness (QED) is 0.713. The molecule has 1 aromatic carbocycles. The average molecular weight is 218 g/mol. The zero-order valence-electron chi connectivity index (χ0n) is 9.70. The van der Waals surface area contributed by atoms with Gasteiger partial charge in [-0.3, -0.25) is 0 Å². The second kappa shape index (κ2) is 7.72. The highest BCUT2D eigenvalue weighted by molar-refractivity contribution is 5.28. The number of nitrogens with one attached hydrogen (secondary N) is 1. The highest BCUT2D eigenvalue weighted by Gasteiger charge is 1.95. The standard InChI is InChI=1S/C13H18N2O/c1-2-15-10-3-11-16-13-6-4-12(5-7-13)8-9-14/h4-7,15H,2-3,8,10-11H2,1H3. The summed E-state index contributed by atoms with van der Waals surface area (Å²) in [5, 5.41) is 11.8. The molecular weight excluding hydrogens is 200 g/mol. The van der Waals surface area contributed by atoms with E-state index in [1.54, 1.807) is 0 Å². The lowest BCUT2D eigenvalue weighted by Gasteiger charge is -2.06. The van der Waals surface area contributed by atoms with Crippen LogP contribution in [0.3, 0.4) is 0 Å². The van der Waals surface area contributed by atoms with Crippen molar-refractivity contribution in [1.82, 2.24) is 5.32 Å². The van der Waals surface area contributed by atoms with E-state index < -0.39 is 0 Å². The zero-order valence-corrected chi connectivity index (χ0v) is 9.70. The number of hydrogen-bond donors (Lipinski definition) is 1. The summed E-state index contributed by atoms with van der Waals surface area (Å²) in [5.41, 5.74) is 1.03. The van der Waals surface area contributed by atoms with Gasteiger partial charge in [0, 0.05) is 0 Å². The van der Waals surface area contributed by atoms with Crippen LogP contribution in [0.4, 0.5) is 0 Å². The fourth-order valence-electron chi connectivity index (χ4n) is 1.36. The number of hydrogen-bond acceptors (Lipinski definition) is 3. The van der Waals surface area contributed by atoms with Crippen molar-refractivity contribution >= 4 is 0 Å². The third-order valence-electron chi connectivity index (χ3n) is 2.22. The number of rotatable bonds is 7. The van der Waals surface area contributed by atoms with Crippen LogP contribution in [0.2, 0.25) is 0 Å². The van der Waals surface area contributed by atoms with E-state index in [9.17, 15) is 0 Å². The van der Waals surface area contributed by atoms with E-state index in [0.29, 0.717) is 6.42 Å². The van der Waals surface area contributed by atoms with Gasteiger partial charge in [-0.2, -0.15) is 5.26 Å². The van der Waals surface area contributed by atoms with E-state index in [1.807, 2.05) is 24.3 Å². The van der Waals surface area contributed by atoms with Gasteiger partial charge in [-0.15, -0.1) is 0 Å². The van der Waals surface area contributed by atoms with Crippen molar-refractivity contribution in [3.8, 4) is 11.8 Å². The smallest absolute Gasteiger partial charge is 0.119 e. The summed E-state index contributed by atoms with van der Waals surface area (Å²) in [4.78, 5) is 0. The Labute approximate surface area is 97.0 Å². The van der Waals surface area contributed by atoms with Gasteiger partial charge >= 0.3 is 0 Å². The summed E-state index contributed by atoms with van der Waals surface area (Å²) in [7, 11) is 0. The zero-order chi connectivity index (χ0) is 11.6. The Balaban J connectivity index is 2.24. The van der Waals surface area contributed by atoms with Crippen LogP contribution in [0.15, 0.2) is 24.3 Å². The Bertz CT molecular complexity index is 327. The number of nitriles is 1. The summed E-state index contributed by atoms with van der Waals surface area (Å²) in [6.07, 6.45) is 1.47. The van der Waals surface area contributed by atoms with Gasteiger partial charge in [0.25, 0.3) is 0 Å². The van der Waals surface area contributed by atoms with Crippen LogP contribution in [-0.4, -0.2) is 19.7 Å². The van der Waals surface area contributed by atoms with E-state index in [1.165, 1.54) is 0 Å². The third-order valence-corrected chi connectivity index (χ3v) is 2.22. The molecule has 0 bridgehead atoms. The molecule has 0 fully saturated rings. The fourth-order valence-corrected chi connectivity index (χ4v) is 1.36. The molecule has 0 aliphatic rings. The lowest BCUT2D eigenvalue weighted by Crippen LogP contribution is -2.16. The van der Waals surface area contributed by atoms with Crippen molar-refractivity contribution in [1.29, 1.82) is 5.26 Å². The molecule has 86 valence electrons. The first-order valence-electron chi connectivity index (χ1n) is 5.66. The molecule has 0 heterocycles. The lowest BCUT2D eigenvalue weighted by atomic mass is 10.2. The van der Waals surface area contributed by atoms with Crippen LogP contribution in [0, 0.1) is 11.3 Å². The average Bonchev–Trinajstić information content (AvgIpc) is 2.31. The van der Waals surface area contributed by atoms with Crippen molar-refractivity contribution in [3.63, 3.8) is 0 Å². The van der Waals surface area contributed by atoms with Crippen LogP contribution >= 0.6 is 0 Å². The highest BCUT2D eigenvalue weighted by Crippen LogP contribution is 2.12. The Morgan fingerprint density at radius 3 is 2.69 bits per heavy atom. The van der Waals surface area contributed by atoms with Crippen molar-refractivity contribution in [3.05, 3.63) is 29.8 Å². The number of nitrogens with zero attached hydrogens (tertiary/aromatic N) is 1. The van der Waals surface area contributed by atoms with E-state index in [4.69, 9.17) is 10.00 Å². The molecule has 0 unspecified atom stereocenters. The van der Waals surface area contributed by atoms with Gasteiger partial charge in [-0.1, -0.05) is 19.1 Å². The molecule has 3 heteroatoms. The molecule has 0 radical (unpaired) electrons. The van der Waals surface area contributed by atoms with E-state index >= 15 is 0 Å². The van der Waals surface area contributed by atoms with E-state index in [0.717, 1.165) is 37.4 Å². The molecule has 3 nitrogen and oxygen atoms in total. The van der Waals surface area contributed by atoms with Gasteiger partial charge in [-0.25, -0.2) is 0 Å². The maximum Gasteiger partial charge on any atom is 0.119 e. The van der Waals surface area contributed by atoms with Crippen LogP contribution in [0.25, 0.3) is 0 Å². The molecule has 1 rings (SSSR count). The van der Waals surface area contributed by atoms with Crippen molar-refractivity contribution < 1.29 is 4.74 Å². The normalized spacial score (nSPS) is 9.75. The predicted octanol–water partition coefficient (Wildman–Crippen LogP) is 2.13. The van der Waals surface area contributed by atoms with Crippen molar-refractivity contribution in [2.45, 2.75) is 19.8 Å². The SMILES string of the molecule is CCNCCCOc1ccc(CC#N)cc1. The molecule has 0 aliphatic heterocycles. The Morgan fingerprint density at radius 1 is 1.31 bits per heavy atom. The molecule has 0 saturated heterocycles. The minimum absolute atomic E-state index is 0.459. The van der Waals surface area contributed by atoms with Crippen LogP contribution in [0.1, 0.15) is 18.9 Å². The van der Waals surface area contributed by atoms with Gasteiger partial charge < -0.3 is 10.1 Å². The van der Waals surface area contributed by atoms with Crippen LogP contribution in [0.5, 0.6) is 5.75 Å². The number of benzene rings is 1. The first-order valence-corrected chi connectivity index (χ1v) is 5.66. The summed E-state index contributed by atoms with van der Waals surface area (Å²) in [5.74, 6) is 0.873. The number of ether oxygens (including phenoxy) is 1. The van der Waals surface area contributed by atoms with Gasteiger partial charge in [-0.05, 0) is 37.2 Å². The van der Waals surface area contributed by atoms with Crippen molar-refractivity contribution in [2.75, 3.05) is 19.7 Å². The lowest BCUT2D eigenvalue weighted by molar-refractivity contribution is 0.308. The Kier molecular flexibility index (Phi) is 6.05. The monoisotopic (exact) mass is 218 g/mol. The predicted molar refractivity (Wildman–Crippen MR) is 64.4 cm³/mol. The minimum Gasteiger partial charge on any atom is -0.494 e. The largest absolute Gasteiger partial charge is 0.494 e. The molecular formula is C13H18N2O.